The summed E-state index contributed by atoms with van der Waals surface area (Å²) >= 11 is 0. The van der Waals surface area contributed by atoms with Gasteiger partial charge in [0.05, 0.1) is 0 Å². The molecule has 0 fully saturated rings. The molecular weight excluding hydrogens is 256 g/mol. The zero-order chi connectivity index (χ0) is 14.7. The molecule has 0 radical (unpaired) electrons. The Morgan fingerprint density at radius 3 is 2.75 bits per heavy atom. The molecule has 1 heterocycles. The third-order valence-electron chi connectivity index (χ3n) is 3.09. The quantitative estimate of drug-likeness (QED) is 0.882. The van der Waals surface area contributed by atoms with Gasteiger partial charge in [-0.2, -0.15) is 0 Å². The number of fused-ring (bicyclic) bond motifs is 1. The monoisotopic (exact) mass is 276 g/mol. The first-order valence-electron chi connectivity index (χ1n) is 6.85. The number of hydrogen-bond donors (Lipinski definition) is 2. The van der Waals surface area contributed by atoms with Crippen molar-refractivity contribution < 1.29 is 14.3 Å². The lowest BCUT2D eigenvalue weighted by Gasteiger charge is -2.20. The van der Waals surface area contributed by atoms with E-state index in [4.69, 9.17) is 4.74 Å². The molecule has 0 bridgehead atoms. The summed E-state index contributed by atoms with van der Waals surface area (Å²) in [4.78, 5) is 23.2. The maximum atomic E-state index is 11.8. The van der Waals surface area contributed by atoms with Crippen LogP contribution in [0.5, 0.6) is 5.75 Å². The molecule has 2 N–H and O–H groups in total. The molecule has 20 heavy (non-hydrogen) atoms. The van der Waals surface area contributed by atoms with Gasteiger partial charge in [-0.3, -0.25) is 9.59 Å². The molecule has 2 amide bonds. The van der Waals surface area contributed by atoms with E-state index in [9.17, 15) is 9.59 Å². The van der Waals surface area contributed by atoms with Crippen LogP contribution in [-0.2, 0) is 16.0 Å². The summed E-state index contributed by atoms with van der Waals surface area (Å²) in [5.74, 6) is 0.444. The largest absolute Gasteiger partial charge is 0.481 e. The zero-order valence-electron chi connectivity index (χ0n) is 12.0. The van der Waals surface area contributed by atoms with Gasteiger partial charge in [-0.1, -0.05) is 6.07 Å². The minimum Gasteiger partial charge on any atom is -0.481 e. The van der Waals surface area contributed by atoms with Crippen molar-refractivity contribution >= 4 is 17.5 Å². The molecule has 1 aromatic rings. The Morgan fingerprint density at radius 1 is 1.30 bits per heavy atom. The summed E-state index contributed by atoms with van der Waals surface area (Å²) in [6.07, 6.45) is 0.681. The van der Waals surface area contributed by atoms with Crippen molar-refractivity contribution in [1.29, 1.82) is 0 Å². The van der Waals surface area contributed by atoms with Crippen molar-refractivity contribution in [3.8, 4) is 5.75 Å². The van der Waals surface area contributed by atoms with Gasteiger partial charge in [0.25, 0.3) is 5.91 Å². The molecule has 1 atom stereocenters. The molecule has 0 spiro atoms. The molecule has 1 unspecified atom stereocenters. The van der Waals surface area contributed by atoms with Crippen molar-refractivity contribution in [3.05, 3.63) is 23.8 Å². The number of rotatable bonds is 4. The molecule has 1 aliphatic rings. The van der Waals surface area contributed by atoms with Gasteiger partial charge in [0, 0.05) is 24.2 Å². The Morgan fingerprint density at radius 2 is 2.05 bits per heavy atom. The summed E-state index contributed by atoms with van der Waals surface area (Å²) in [7, 11) is 0. The first-order valence-corrected chi connectivity index (χ1v) is 6.85. The van der Waals surface area contributed by atoms with Crippen LogP contribution in [0.25, 0.3) is 0 Å². The number of ether oxygens (including phenoxy) is 1. The van der Waals surface area contributed by atoms with E-state index in [0.717, 1.165) is 17.7 Å². The van der Waals surface area contributed by atoms with Crippen molar-refractivity contribution in [1.82, 2.24) is 5.32 Å². The van der Waals surface area contributed by atoms with Crippen LogP contribution in [0, 0.1) is 0 Å². The zero-order valence-corrected chi connectivity index (χ0v) is 12.0. The number of benzene rings is 1. The Kier molecular flexibility index (Phi) is 4.27. The van der Waals surface area contributed by atoms with Crippen LogP contribution in [0.4, 0.5) is 5.69 Å². The predicted octanol–water partition coefficient (Wildman–Crippen LogP) is 1.86. The molecule has 5 heteroatoms. The number of carbonyl (C=O) groups excluding carboxylic acids is 2. The number of aryl methyl sites for hydroxylation is 1. The smallest absolute Gasteiger partial charge is 0.260 e. The summed E-state index contributed by atoms with van der Waals surface area (Å²) in [6, 6.07) is 5.61. The topological polar surface area (TPSA) is 67.4 Å². The molecule has 108 valence electrons. The van der Waals surface area contributed by atoms with E-state index < -0.39 is 6.10 Å². The van der Waals surface area contributed by atoms with Crippen LogP contribution in [-0.4, -0.2) is 24.0 Å². The van der Waals surface area contributed by atoms with E-state index in [1.165, 1.54) is 0 Å². The number of nitrogens with one attached hydrogen (secondary N) is 2. The standard InChI is InChI=1S/C15H20N2O3/c1-9(2)16-15(19)10(3)20-12-6-4-11-5-7-14(18)17-13(11)8-12/h4,6,8-10H,5,7H2,1-3H3,(H,16,19)(H,17,18). The van der Waals surface area contributed by atoms with Crippen LogP contribution in [0.3, 0.4) is 0 Å². The highest BCUT2D eigenvalue weighted by atomic mass is 16.5. The average Bonchev–Trinajstić information content (AvgIpc) is 2.37. The maximum Gasteiger partial charge on any atom is 0.260 e. The molecule has 5 nitrogen and oxygen atoms in total. The van der Waals surface area contributed by atoms with Gasteiger partial charge >= 0.3 is 0 Å². The second-order valence-corrected chi connectivity index (χ2v) is 5.29. The van der Waals surface area contributed by atoms with Crippen LogP contribution in [0.15, 0.2) is 18.2 Å². The number of hydrogen-bond acceptors (Lipinski definition) is 3. The summed E-state index contributed by atoms with van der Waals surface area (Å²) in [5.41, 5.74) is 1.87. The molecule has 0 aliphatic carbocycles. The van der Waals surface area contributed by atoms with Gasteiger partial charge in [-0.15, -0.1) is 0 Å². The third-order valence-corrected chi connectivity index (χ3v) is 3.09. The lowest BCUT2D eigenvalue weighted by molar-refractivity contribution is -0.127. The second kappa shape index (κ2) is 5.94. The molecule has 0 aromatic heterocycles. The van der Waals surface area contributed by atoms with Gasteiger partial charge in [0.2, 0.25) is 5.91 Å². The predicted molar refractivity (Wildman–Crippen MR) is 76.8 cm³/mol. The highest BCUT2D eigenvalue weighted by molar-refractivity contribution is 5.94. The highest BCUT2D eigenvalue weighted by Crippen LogP contribution is 2.27. The normalized spacial score (nSPS) is 15.3. The Bertz CT molecular complexity index is 526. The van der Waals surface area contributed by atoms with E-state index in [1.807, 2.05) is 26.0 Å². The molecule has 2 rings (SSSR count). The molecule has 1 aliphatic heterocycles. The van der Waals surface area contributed by atoms with E-state index in [-0.39, 0.29) is 17.9 Å². The molecule has 1 aromatic carbocycles. The van der Waals surface area contributed by atoms with Gasteiger partial charge < -0.3 is 15.4 Å². The number of anilines is 1. The van der Waals surface area contributed by atoms with Crippen molar-refractivity contribution in [2.24, 2.45) is 0 Å². The summed E-state index contributed by atoms with van der Waals surface area (Å²) in [6.45, 7) is 5.51. The molecule has 0 saturated heterocycles. The van der Waals surface area contributed by atoms with E-state index in [2.05, 4.69) is 10.6 Å². The van der Waals surface area contributed by atoms with Crippen molar-refractivity contribution in [2.45, 2.75) is 45.8 Å². The third kappa shape index (κ3) is 3.50. The Labute approximate surface area is 118 Å². The van der Waals surface area contributed by atoms with Crippen LogP contribution in [0.1, 0.15) is 32.8 Å². The maximum absolute atomic E-state index is 11.8. The van der Waals surface area contributed by atoms with Crippen molar-refractivity contribution in [2.75, 3.05) is 5.32 Å². The van der Waals surface area contributed by atoms with Crippen LogP contribution >= 0.6 is 0 Å². The number of amides is 2. The fraction of sp³-hybridized carbons (Fsp3) is 0.467. The van der Waals surface area contributed by atoms with Gasteiger partial charge in [-0.05, 0) is 38.8 Å². The first-order chi connectivity index (χ1) is 9.45. The molecular formula is C15H20N2O3. The number of carbonyl (C=O) groups is 2. The van der Waals surface area contributed by atoms with Crippen LogP contribution < -0.4 is 15.4 Å². The SMILES string of the molecule is CC(C)NC(=O)C(C)Oc1ccc2c(c1)NC(=O)CC2. The summed E-state index contributed by atoms with van der Waals surface area (Å²) < 4.78 is 5.61. The highest BCUT2D eigenvalue weighted by Gasteiger charge is 2.18. The van der Waals surface area contributed by atoms with Gasteiger partial charge in [0.15, 0.2) is 6.10 Å². The minimum absolute atomic E-state index is 0.0141. The van der Waals surface area contributed by atoms with Gasteiger partial charge in [-0.25, -0.2) is 0 Å². The van der Waals surface area contributed by atoms with Crippen molar-refractivity contribution in [3.63, 3.8) is 0 Å². The van der Waals surface area contributed by atoms with Gasteiger partial charge in [0.1, 0.15) is 5.75 Å². The van der Waals surface area contributed by atoms with E-state index >= 15 is 0 Å². The average molecular weight is 276 g/mol. The lowest BCUT2D eigenvalue weighted by atomic mass is 10.0. The Hall–Kier alpha value is -2.04. The fourth-order valence-electron chi connectivity index (χ4n) is 2.08. The Balaban J connectivity index is 2.05. The van der Waals surface area contributed by atoms with E-state index in [0.29, 0.717) is 12.2 Å². The second-order valence-electron chi connectivity index (χ2n) is 5.29. The van der Waals surface area contributed by atoms with E-state index in [1.54, 1.807) is 13.0 Å². The summed E-state index contributed by atoms with van der Waals surface area (Å²) in [5, 5.41) is 5.61. The van der Waals surface area contributed by atoms with Crippen LogP contribution in [0.2, 0.25) is 0 Å². The fourth-order valence-corrected chi connectivity index (χ4v) is 2.08. The minimum atomic E-state index is -0.574. The first kappa shape index (κ1) is 14.4. The molecule has 0 saturated carbocycles. The lowest BCUT2D eigenvalue weighted by Crippen LogP contribution is -2.40.